The fraction of sp³-hybridized carbons (Fsp3) is 0.467. The van der Waals surface area contributed by atoms with Crippen LogP contribution in [0.2, 0.25) is 0 Å². The molecule has 0 amide bonds. The number of nitrogens with zero attached hydrogens (tertiary/aromatic N) is 1. The summed E-state index contributed by atoms with van der Waals surface area (Å²) in [5, 5.41) is 11.0. The summed E-state index contributed by atoms with van der Waals surface area (Å²) in [4.78, 5) is 22.1. The van der Waals surface area contributed by atoms with E-state index in [-0.39, 0.29) is 7.05 Å². The van der Waals surface area contributed by atoms with E-state index in [1.165, 1.54) is 0 Å². The lowest BCUT2D eigenvalue weighted by molar-refractivity contribution is -0.382. The predicted octanol–water partition coefficient (Wildman–Crippen LogP) is 3.31. The molecular weight excluding hydrogens is 493 g/mol. The normalized spacial score (nSPS) is 14.0. The van der Waals surface area contributed by atoms with Crippen LogP contribution in [0.4, 0.5) is 39.5 Å². The van der Waals surface area contributed by atoms with E-state index in [1.807, 2.05) is 0 Å². The van der Waals surface area contributed by atoms with E-state index in [1.54, 1.807) is 0 Å². The van der Waals surface area contributed by atoms with Gasteiger partial charge in [0.25, 0.3) is 10.0 Å². The first-order valence-corrected chi connectivity index (χ1v) is 9.32. The van der Waals surface area contributed by atoms with Gasteiger partial charge in [0, 0.05) is 13.6 Å². The molecule has 0 atom stereocenters. The van der Waals surface area contributed by atoms with Gasteiger partial charge in [-0.2, -0.15) is 43.8 Å². The molecule has 0 unspecified atom stereocenters. The zero-order valence-corrected chi connectivity index (χ0v) is 16.2. The van der Waals surface area contributed by atoms with Crippen LogP contribution >= 0.6 is 0 Å². The average molecular weight is 505 g/mol. The molecule has 0 aliphatic rings. The molecule has 0 saturated carbocycles. The van der Waals surface area contributed by atoms with Gasteiger partial charge in [-0.3, -0.25) is 0 Å². The molecule has 32 heavy (non-hydrogen) atoms. The SMILES string of the molecule is CN(CCc1cc(C(=O)O)ccc1C(=O)O)S(=O)(=O)C(F)(F)C(F)(F)C(F)(F)C(F)(F)F. The van der Waals surface area contributed by atoms with Crippen LogP contribution in [-0.2, 0) is 16.4 Å². The molecule has 17 heteroatoms. The number of carboxylic acid groups (broad SMARTS) is 2. The lowest BCUT2D eigenvalue weighted by Gasteiger charge is -2.34. The van der Waals surface area contributed by atoms with Crippen molar-refractivity contribution in [2.24, 2.45) is 0 Å². The van der Waals surface area contributed by atoms with E-state index in [0.29, 0.717) is 6.07 Å². The molecule has 0 fully saturated rings. The van der Waals surface area contributed by atoms with Crippen LogP contribution in [0, 0.1) is 0 Å². The molecule has 1 aromatic rings. The smallest absolute Gasteiger partial charge is 0.460 e. The molecule has 0 aliphatic carbocycles. The molecule has 0 saturated heterocycles. The molecule has 1 aromatic carbocycles. The summed E-state index contributed by atoms with van der Waals surface area (Å²) in [6.45, 7) is -1.31. The number of likely N-dealkylation sites (N-methyl/N-ethyl adjacent to an activating group) is 1. The number of alkyl halides is 9. The molecule has 0 radical (unpaired) electrons. The number of carbonyl (C=O) groups is 2. The Labute approximate surface area is 173 Å². The van der Waals surface area contributed by atoms with Crippen LogP contribution in [-0.4, -0.2) is 71.7 Å². The van der Waals surface area contributed by atoms with Crippen LogP contribution in [0.15, 0.2) is 18.2 Å². The van der Waals surface area contributed by atoms with Crippen LogP contribution < -0.4 is 0 Å². The summed E-state index contributed by atoms with van der Waals surface area (Å²) in [6, 6.07) is 2.27. The first kappa shape index (κ1) is 27.5. The summed E-state index contributed by atoms with van der Waals surface area (Å²) in [5.74, 6) is -18.1. The molecule has 182 valence electrons. The van der Waals surface area contributed by atoms with Gasteiger partial charge in [0.15, 0.2) is 0 Å². The summed E-state index contributed by atoms with van der Waals surface area (Å²) in [5.41, 5.74) is -1.64. The van der Waals surface area contributed by atoms with Crippen molar-refractivity contribution in [1.29, 1.82) is 0 Å². The number of sulfonamides is 1. The fourth-order valence-corrected chi connectivity index (χ4v) is 3.43. The van der Waals surface area contributed by atoms with Gasteiger partial charge in [0.2, 0.25) is 0 Å². The summed E-state index contributed by atoms with van der Waals surface area (Å²) < 4.78 is 140. The topological polar surface area (TPSA) is 112 Å². The predicted molar refractivity (Wildman–Crippen MR) is 86.5 cm³/mol. The van der Waals surface area contributed by atoms with Gasteiger partial charge < -0.3 is 10.2 Å². The highest BCUT2D eigenvalue weighted by Gasteiger charge is 2.85. The van der Waals surface area contributed by atoms with Gasteiger partial charge in [0.1, 0.15) is 0 Å². The Morgan fingerprint density at radius 3 is 1.81 bits per heavy atom. The number of hydrogen-bond acceptors (Lipinski definition) is 4. The summed E-state index contributed by atoms with van der Waals surface area (Å²) in [7, 11) is -6.72. The molecule has 0 heterocycles. The highest BCUT2D eigenvalue weighted by Crippen LogP contribution is 2.55. The average Bonchev–Trinajstić information content (AvgIpc) is 2.63. The minimum atomic E-state index is -7.43. The Bertz CT molecular complexity index is 1010. The number of halogens is 9. The quantitative estimate of drug-likeness (QED) is 0.499. The number of aromatic carboxylic acids is 2. The first-order chi connectivity index (χ1) is 14.1. The van der Waals surface area contributed by atoms with Crippen molar-refractivity contribution in [1.82, 2.24) is 4.31 Å². The van der Waals surface area contributed by atoms with Gasteiger partial charge in [-0.1, -0.05) is 0 Å². The molecule has 0 aliphatic heterocycles. The van der Waals surface area contributed by atoms with E-state index >= 15 is 0 Å². The van der Waals surface area contributed by atoms with Crippen LogP contribution in [0.25, 0.3) is 0 Å². The maximum Gasteiger partial charge on any atom is 0.460 e. The number of benzene rings is 1. The zero-order valence-electron chi connectivity index (χ0n) is 15.4. The Morgan fingerprint density at radius 1 is 0.906 bits per heavy atom. The second kappa shape index (κ2) is 8.42. The maximum atomic E-state index is 13.8. The minimum Gasteiger partial charge on any atom is -0.478 e. The monoisotopic (exact) mass is 505 g/mol. The number of rotatable bonds is 9. The van der Waals surface area contributed by atoms with E-state index in [9.17, 15) is 57.5 Å². The Morgan fingerprint density at radius 2 is 1.41 bits per heavy atom. The van der Waals surface area contributed by atoms with Crippen molar-refractivity contribution >= 4 is 22.0 Å². The third-order valence-electron chi connectivity index (χ3n) is 4.13. The van der Waals surface area contributed by atoms with E-state index in [2.05, 4.69) is 0 Å². The van der Waals surface area contributed by atoms with Crippen molar-refractivity contribution in [3.63, 3.8) is 0 Å². The van der Waals surface area contributed by atoms with Crippen molar-refractivity contribution in [2.45, 2.75) is 29.7 Å². The molecule has 1 rings (SSSR count). The van der Waals surface area contributed by atoms with Gasteiger partial charge in [0.05, 0.1) is 11.1 Å². The van der Waals surface area contributed by atoms with Gasteiger partial charge in [-0.25, -0.2) is 18.0 Å². The lowest BCUT2D eigenvalue weighted by Crippen LogP contribution is -2.65. The Hall–Kier alpha value is -2.56. The van der Waals surface area contributed by atoms with Crippen molar-refractivity contribution < 1.29 is 67.7 Å². The largest absolute Gasteiger partial charge is 0.478 e. The Kier molecular flexibility index (Phi) is 7.23. The van der Waals surface area contributed by atoms with E-state index < -0.39 is 79.2 Å². The summed E-state index contributed by atoms with van der Waals surface area (Å²) in [6.07, 6.45) is -8.13. The highest BCUT2D eigenvalue weighted by molar-refractivity contribution is 7.90. The van der Waals surface area contributed by atoms with Crippen LogP contribution in [0.1, 0.15) is 26.3 Å². The van der Waals surface area contributed by atoms with Crippen molar-refractivity contribution in [3.05, 3.63) is 34.9 Å². The molecule has 0 aromatic heterocycles. The van der Waals surface area contributed by atoms with Crippen molar-refractivity contribution in [2.75, 3.05) is 13.6 Å². The number of carboxylic acids is 2. The van der Waals surface area contributed by atoms with Gasteiger partial charge in [-0.15, -0.1) is 0 Å². The zero-order chi connectivity index (χ0) is 25.5. The molecule has 7 nitrogen and oxygen atoms in total. The second-order valence-electron chi connectivity index (χ2n) is 6.22. The van der Waals surface area contributed by atoms with Crippen molar-refractivity contribution in [3.8, 4) is 0 Å². The Balaban J connectivity index is 3.32. The first-order valence-electron chi connectivity index (χ1n) is 7.88. The van der Waals surface area contributed by atoms with Gasteiger partial charge >= 0.3 is 35.2 Å². The van der Waals surface area contributed by atoms with E-state index in [0.717, 1.165) is 12.1 Å². The third kappa shape index (κ3) is 4.48. The molecule has 0 bridgehead atoms. The fourth-order valence-electron chi connectivity index (χ4n) is 2.26. The number of hydrogen-bond donors (Lipinski definition) is 2. The van der Waals surface area contributed by atoms with Crippen LogP contribution in [0.3, 0.4) is 0 Å². The molecule has 0 spiro atoms. The minimum absolute atomic E-state index is 0.145. The molecular formula is C15H12F9NO6S. The lowest BCUT2D eigenvalue weighted by atomic mass is 10.0. The molecule has 2 N–H and O–H groups in total. The van der Waals surface area contributed by atoms with Crippen LogP contribution in [0.5, 0.6) is 0 Å². The van der Waals surface area contributed by atoms with Gasteiger partial charge in [-0.05, 0) is 30.2 Å². The third-order valence-corrected chi connectivity index (χ3v) is 6.04. The standard InChI is InChI=1S/C15H12F9NO6S/c1-25(5-4-7-6-8(10(26)27)2-3-9(7)11(28)29)32(30,31)15(23,24)13(18,19)12(16,17)14(20,21)22/h2-3,6H,4-5H2,1H3,(H,26,27)(H,28,29). The maximum absolute atomic E-state index is 13.8. The highest BCUT2D eigenvalue weighted by atomic mass is 32.2. The van der Waals surface area contributed by atoms with E-state index in [4.69, 9.17) is 10.2 Å². The second-order valence-corrected chi connectivity index (χ2v) is 8.31. The summed E-state index contributed by atoms with van der Waals surface area (Å²) >= 11 is 0.